The van der Waals surface area contributed by atoms with Gasteiger partial charge in [0.15, 0.2) is 6.54 Å². The molecule has 1 aliphatic heterocycles. The number of esters is 1. The molecule has 1 aromatic carbocycles. The van der Waals surface area contributed by atoms with Gasteiger partial charge in [-0.1, -0.05) is 12.1 Å². The first-order valence-corrected chi connectivity index (χ1v) is 9.31. The number of hydrogen-bond acceptors (Lipinski definition) is 4. The van der Waals surface area contributed by atoms with Gasteiger partial charge in [0, 0.05) is 23.4 Å². The number of carbonyl (C=O) groups is 2. The maximum Gasteiger partial charge on any atom is 0.337 e. The number of fused-ring (bicyclic) bond motifs is 1. The average molecular weight is 359 g/mol. The molecule has 0 bridgehead atoms. The van der Waals surface area contributed by atoms with Crippen LogP contribution in [0.2, 0.25) is 0 Å². The van der Waals surface area contributed by atoms with Gasteiger partial charge in [-0.3, -0.25) is 4.79 Å². The summed E-state index contributed by atoms with van der Waals surface area (Å²) in [5, 5.41) is 5.11. The third-order valence-corrected chi connectivity index (χ3v) is 5.78. The second-order valence-corrected chi connectivity index (χ2v) is 7.32. The van der Waals surface area contributed by atoms with Crippen LogP contribution in [0, 0.1) is 0 Å². The summed E-state index contributed by atoms with van der Waals surface area (Å²) >= 11 is 1.82. The van der Waals surface area contributed by atoms with E-state index in [4.69, 9.17) is 0 Å². The number of hydrogen-bond donors (Lipinski definition) is 2. The molecule has 25 heavy (non-hydrogen) atoms. The van der Waals surface area contributed by atoms with Crippen molar-refractivity contribution >= 4 is 23.2 Å². The minimum absolute atomic E-state index is 0.0533. The number of quaternary nitrogens is 1. The van der Waals surface area contributed by atoms with Gasteiger partial charge in [-0.25, -0.2) is 4.79 Å². The fraction of sp³-hybridized carbons (Fsp3) is 0.368. The molecule has 0 radical (unpaired) electrons. The SMILES string of the molecule is COC(=O)c1ccc(CNC(=O)C[NH+]2CCc3sccc3[C@@H]2C)cc1. The van der Waals surface area contributed by atoms with Gasteiger partial charge in [0.05, 0.1) is 19.2 Å². The Bertz CT molecular complexity index is 754. The zero-order valence-corrected chi connectivity index (χ0v) is 15.3. The van der Waals surface area contributed by atoms with E-state index >= 15 is 0 Å². The highest BCUT2D eigenvalue weighted by atomic mass is 32.1. The van der Waals surface area contributed by atoms with Crippen LogP contribution >= 0.6 is 11.3 Å². The van der Waals surface area contributed by atoms with E-state index in [0.717, 1.165) is 18.5 Å². The maximum absolute atomic E-state index is 12.3. The molecule has 2 heterocycles. The van der Waals surface area contributed by atoms with Crippen LogP contribution in [0.3, 0.4) is 0 Å². The lowest BCUT2D eigenvalue weighted by Crippen LogP contribution is -3.14. The molecule has 6 heteroatoms. The molecule has 1 unspecified atom stereocenters. The van der Waals surface area contributed by atoms with E-state index in [1.807, 2.05) is 23.5 Å². The van der Waals surface area contributed by atoms with Crippen LogP contribution in [0.15, 0.2) is 35.7 Å². The van der Waals surface area contributed by atoms with Crippen LogP contribution in [0.1, 0.15) is 39.3 Å². The Morgan fingerprint density at radius 2 is 2.04 bits per heavy atom. The molecule has 132 valence electrons. The van der Waals surface area contributed by atoms with E-state index in [0.29, 0.717) is 24.7 Å². The predicted octanol–water partition coefficient (Wildman–Crippen LogP) is 1.35. The number of nitrogens with one attached hydrogen (secondary N) is 2. The van der Waals surface area contributed by atoms with Gasteiger partial charge in [-0.2, -0.15) is 0 Å². The summed E-state index contributed by atoms with van der Waals surface area (Å²) < 4.78 is 4.68. The van der Waals surface area contributed by atoms with Gasteiger partial charge in [0.25, 0.3) is 5.91 Å². The molecular formula is C19H23N2O3S+. The second-order valence-electron chi connectivity index (χ2n) is 6.32. The molecule has 0 saturated heterocycles. The standard InChI is InChI=1S/C19H22N2O3S/c1-13-16-8-10-25-17(16)7-9-21(13)12-18(22)20-11-14-3-5-15(6-4-14)19(23)24-2/h3-6,8,10,13H,7,9,11-12H2,1-2H3,(H,20,22)/p+1/t13-/m0/s1. The molecule has 1 amide bonds. The minimum atomic E-state index is -0.355. The number of carbonyl (C=O) groups excluding carboxylic acids is 2. The molecule has 0 aliphatic carbocycles. The lowest BCUT2D eigenvalue weighted by molar-refractivity contribution is -0.924. The highest BCUT2D eigenvalue weighted by Gasteiger charge is 2.29. The molecule has 3 rings (SSSR count). The number of benzene rings is 1. The number of rotatable bonds is 5. The third-order valence-electron chi connectivity index (χ3n) is 4.78. The van der Waals surface area contributed by atoms with Crippen molar-refractivity contribution in [3.05, 3.63) is 57.3 Å². The van der Waals surface area contributed by atoms with Crippen molar-refractivity contribution in [1.82, 2.24) is 5.32 Å². The van der Waals surface area contributed by atoms with Crippen molar-refractivity contribution < 1.29 is 19.2 Å². The summed E-state index contributed by atoms with van der Waals surface area (Å²) in [7, 11) is 1.36. The zero-order valence-electron chi connectivity index (χ0n) is 14.5. The van der Waals surface area contributed by atoms with Crippen LogP contribution in [-0.4, -0.2) is 32.1 Å². The lowest BCUT2D eigenvalue weighted by Gasteiger charge is -2.29. The number of methoxy groups -OCH3 is 1. The van der Waals surface area contributed by atoms with Crippen molar-refractivity contribution in [1.29, 1.82) is 0 Å². The van der Waals surface area contributed by atoms with Gasteiger partial charge in [0.1, 0.15) is 6.04 Å². The van der Waals surface area contributed by atoms with Crippen LogP contribution in [-0.2, 0) is 22.5 Å². The van der Waals surface area contributed by atoms with Crippen molar-refractivity contribution in [2.24, 2.45) is 0 Å². The highest BCUT2D eigenvalue weighted by molar-refractivity contribution is 7.10. The van der Waals surface area contributed by atoms with E-state index in [9.17, 15) is 9.59 Å². The van der Waals surface area contributed by atoms with Crippen molar-refractivity contribution in [2.75, 3.05) is 20.2 Å². The van der Waals surface area contributed by atoms with E-state index in [1.54, 1.807) is 12.1 Å². The van der Waals surface area contributed by atoms with E-state index in [1.165, 1.54) is 22.5 Å². The Morgan fingerprint density at radius 3 is 2.76 bits per heavy atom. The first-order chi connectivity index (χ1) is 12.1. The van der Waals surface area contributed by atoms with Gasteiger partial charge < -0.3 is 15.0 Å². The Hall–Kier alpha value is -2.18. The fourth-order valence-corrected chi connectivity index (χ4v) is 4.22. The first kappa shape index (κ1) is 17.6. The van der Waals surface area contributed by atoms with E-state index in [-0.39, 0.29) is 11.9 Å². The van der Waals surface area contributed by atoms with E-state index in [2.05, 4.69) is 28.4 Å². The summed E-state index contributed by atoms with van der Waals surface area (Å²) in [6, 6.07) is 9.64. The fourth-order valence-electron chi connectivity index (χ4n) is 3.24. The highest BCUT2D eigenvalue weighted by Crippen LogP contribution is 2.24. The topological polar surface area (TPSA) is 59.8 Å². The molecular weight excluding hydrogens is 336 g/mol. The maximum atomic E-state index is 12.3. The van der Waals surface area contributed by atoms with Crippen LogP contribution in [0.5, 0.6) is 0 Å². The summed E-state index contributed by atoms with van der Waals surface area (Å²) in [4.78, 5) is 26.5. The lowest BCUT2D eigenvalue weighted by atomic mass is 10.0. The van der Waals surface area contributed by atoms with Crippen molar-refractivity contribution in [3.8, 4) is 0 Å². The molecule has 2 aromatic rings. The van der Waals surface area contributed by atoms with Gasteiger partial charge in [-0.05, 0) is 36.1 Å². The molecule has 1 aromatic heterocycles. The molecule has 5 nitrogen and oxygen atoms in total. The molecule has 2 atom stereocenters. The predicted molar refractivity (Wildman–Crippen MR) is 96.8 cm³/mol. The van der Waals surface area contributed by atoms with E-state index < -0.39 is 0 Å². The minimum Gasteiger partial charge on any atom is -0.465 e. The second kappa shape index (κ2) is 7.80. The number of amides is 1. The average Bonchev–Trinajstić information content (AvgIpc) is 3.11. The van der Waals surface area contributed by atoms with Crippen LogP contribution < -0.4 is 10.2 Å². The number of thiophene rings is 1. The van der Waals surface area contributed by atoms with Crippen molar-refractivity contribution in [3.63, 3.8) is 0 Å². The number of ether oxygens (including phenoxy) is 1. The Balaban J connectivity index is 1.51. The molecule has 2 N–H and O–H groups in total. The zero-order chi connectivity index (χ0) is 17.8. The third kappa shape index (κ3) is 4.08. The van der Waals surface area contributed by atoms with Crippen LogP contribution in [0.25, 0.3) is 0 Å². The summed E-state index contributed by atoms with van der Waals surface area (Å²) in [6.45, 7) is 4.14. The largest absolute Gasteiger partial charge is 0.465 e. The molecule has 0 saturated carbocycles. The molecule has 1 aliphatic rings. The van der Waals surface area contributed by atoms with Crippen LogP contribution in [0.4, 0.5) is 0 Å². The summed E-state index contributed by atoms with van der Waals surface area (Å²) in [5.74, 6) is -0.302. The Morgan fingerprint density at radius 1 is 1.28 bits per heavy atom. The summed E-state index contributed by atoms with van der Waals surface area (Å²) in [6.07, 6.45) is 1.05. The molecule has 0 spiro atoms. The van der Waals surface area contributed by atoms with Gasteiger partial charge in [0.2, 0.25) is 0 Å². The Kier molecular flexibility index (Phi) is 5.50. The normalized spacial score (nSPS) is 19.1. The van der Waals surface area contributed by atoms with Crippen molar-refractivity contribution in [2.45, 2.75) is 25.9 Å². The monoisotopic (exact) mass is 359 g/mol. The smallest absolute Gasteiger partial charge is 0.337 e. The Labute approximate surface area is 151 Å². The van der Waals surface area contributed by atoms with Gasteiger partial charge in [-0.15, -0.1) is 11.3 Å². The summed E-state index contributed by atoms with van der Waals surface area (Å²) in [5.41, 5.74) is 2.86. The first-order valence-electron chi connectivity index (χ1n) is 8.43. The van der Waals surface area contributed by atoms with Gasteiger partial charge >= 0.3 is 5.97 Å². The quantitative estimate of drug-likeness (QED) is 0.793. The molecule has 0 fully saturated rings.